The molecular formula is C15H13F2NS. The number of nitrogens with zero attached hydrogens (tertiary/aromatic N) is 1. The van der Waals surface area contributed by atoms with Gasteiger partial charge in [-0.15, -0.1) is 11.3 Å². The number of halogens is 2. The highest BCUT2D eigenvalue weighted by atomic mass is 32.1. The lowest BCUT2D eigenvalue weighted by atomic mass is 10.0. The van der Waals surface area contributed by atoms with E-state index in [-0.39, 0.29) is 11.6 Å². The molecule has 0 saturated heterocycles. The minimum atomic E-state index is -0.526. The Hall–Kier alpha value is -1.55. The van der Waals surface area contributed by atoms with E-state index in [2.05, 4.69) is 11.1 Å². The molecule has 1 unspecified atom stereocenters. The van der Waals surface area contributed by atoms with Crippen LogP contribution in [0.1, 0.15) is 34.9 Å². The number of aryl methyl sites for hydroxylation is 1. The first-order chi connectivity index (χ1) is 9.16. The average Bonchev–Trinajstić information content (AvgIpc) is 2.98. The lowest BCUT2D eigenvalue weighted by Gasteiger charge is -2.05. The quantitative estimate of drug-likeness (QED) is 0.757. The van der Waals surface area contributed by atoms with Crippen LogP contribution in [-0.2, 0) is 0 Å². The molecule has 0 bridgehead atoms. The van der Waals surface area contributed by atoms with Crippen molar-refractivity contribution in [2.45, 2.75) is 25.8 Å². The number of benzene rings is 1. The molecule has 4 heteroatoms. The van der Waals surface area contributed by atoms with Crippen LogP contribution in [0, 0.1) is 18.6 Å². The molecular weight excluding hydrogens is 264 g/mol. The van der Waals surface area contributed by atoms with E-state index >= 15 is 0 Å². The van der Waals surface area contributed by atoms with Gasteiger partial charge < -0.3 is 0 Å². The molecule has 98 valence electrons. The van der Waals surface area contributed by atoms with Crippen molar-refractivity contribution in [1.82, 2.24) is 0 Å². The van der Waals surface area contributed by atoms with Gasteiger partial charge in [-0.1, -0.05) is 6.07 Å². The highest BCUT2D eigenvalue weighted by Gasteiger charge is 2.25. The fourth-order valence-corrected chi connectivity index (χ4v) is 3.47. The van der Waals surface area contributed by atoms with Gasteiger partial charge in [-0.25, -0.2) is 8.78 Å². The van der Waals surface area contributed by atoms with Crippen molar-refractivity contribution in [1.29, 1.82) is 0 Å². The van der Waals surface area contributed by atoms with Gasteiger partial charge in [0.15, 0.2) is 0 Å². The normalized spacial score (nSPS) is 18.7. The van der Waals surface area contributed by atoms with Crippen LogP contribution in [0.3, 0.4) is 0 Å². The summed E-state index contributed by atoms with van der Waals surface area (Å²) in [5.41, 5.74) is 1.79. The number of thiophene rings is 1. The molecule has 3 rings (SSSR count). The fourth-order valence-electron chi connectivity index (χ4n) is 2.47. The van der Waals surface area contributed by atoms with E-state index in [0.29, 0.717) is 12.1 Å². The molecule has 0 saturated carbocycles. The SMILES string of the molecule is Cc1ccsc1C1CCC(c2c(F)cccc2F)=N1. The molecule has 1 aromatic heterocycles. The molecule has 0 spiro atoms. The van der Waals surface area contributed by atoms with Gasteiger partial charge in [0.1, 0.15) is 11.6 Å². The van der Waals surface area contributed by atoms with Crippen molar-refractivity contribution in [3.63, 3.8) is 0 Å². The molecule has 1 aromatic carbocycles. The largest absolute Gasteiger partial charge is 0.280 e. The van der Waals surface area contributed by atoms with Crippen LogP contribution < -0.4 is 0 Å². The molecule has 1 aliphatic heterocycles. The molecule has 2 heterocycles. The third kappa shape index (κ3) is 2.21. The number of rotatable bonds is 2. The van der Waals surface area contributed by atoms with Crippen LogP contribution in [0.5, 0.6) is 0 Å². The predicted molar refractivity (Wildman–Crippen MR) is 73.9 cm³/mol. The van der Waals surface area contributed by atoms with Gasteiger partial charge in [-0.05, 0) is 48.9 Å². The Morgan fingerprint density at radius 1 is 1.21 bits per heavy atom. The third-order valence-electron chi connectivity index (χ3n) is 3.42. The van der Waals surface area contributed by atoms with E-state index in [1.807, 2.05) is 12.3 Å². The lowest BCUT2D eigenvalue weighted by molar-refractivity contribution is 0.578. The Morgan fingerprint density at radius 2 is 1.95 bits per heavy atom. The van der Waals surface area contributed by atoms with Crippen LogP contribution in [0.4, 0.5) is 8.78 Å². The van der Waals surface area contributed by atoms with Crippen molar-refractivity contribution >= 4 is 17.0 Å². The highest BCUT2D eigenvalue weighted by Crippen LogP contribution is 2.36. The van der Waals surface area contributed by atoms with Crippen LogP contribution >= 0.6 is 11.3 Å². The number of hydrogen-bond acceptors (Lipinski definition) is 2. The summed E-state index contributed by atoms with van der Waals surface area (Å²) in [6.07, 6.45) is 1.45. The molecule has 1 aliphatic rings. The Kier molecular flexibility index (Phi) is 3.19. The summed E-state index contributed by atoms with van der Waals surface area (Å²) in [5, 5.41) is 2.03. The van der Waals surface area contributed by atoms with Crippen molar-refractivity contribution in [3.8, 4) is 0 Å². The van der Waals surface area contributed by atoms with Gasteiger partial charge in [0.25, 0.3) is 0 Å². The predicted octanol–water partition coefficient (Wildman–Crippen LogP) is 4.66. The smallest absolute Gasteiger partial charge is 0.135 e. The second-order valence-corrected chi connectivity index (χ2v) is 5.64. The van der Waals surface area contributed by atoms with E-state index in [1.165, 1.54) is 28.6 Å². The number of aliphatic imine (C=N–C) groups is 1. The second kappa shape index (κ2) is 4.85. The zero-order valence-corrected chi connectivity index (χ0v) is 11.3. The summed E-state index contributed by atoms with van der Waals surface area (Å²) in [6.45, 7) is 2.04. The molecule has 19 heavy (non-hydrogen) atoms. The van der Waals surface area contributed by atoms with Crippen LogP contribution in [-0.4, -0.2) is 5.71 Å². The average molecular weight is 277 g/mol. The van der Waals surface area contributed by atoms with Crippen LogP contribution in [0.25, 0.3) is 0 Å². The van der Waals surface area contributed by atoms with E-state index < -0.39 is 11.6 Å². The summed E-state index contributed by atoms with van der Waals surface area (Å²) in [7, 11) is 0. The maximum absolute atomic E-state index is 13.7. The minimum absolute atomic E-state index is 0.0409. The first-order valence-electron chi connectivity index (χ1n) is 6.22. The summed E-state index contributed by atoms with van der Waals surface area (Å²) >= 11 is 1.66. The fraction of sp³-hybridized carbons (Fsp3) is 0.267. The van der Waals surface area contributed by atoms with Crippen LogP contribution in [0.2, 0.25) is 0 Å². The molecule has 0 amide bonds. The van der Waals surface area contributed by atoms with Gasteiger partial charge in [0.2, 0.25) is 0 Å². The topological polar surface area (TPSA) is 12.4 Å². The Labute approximate surface area is 114 Å². The minimum Gasteiger partial charge on any atom is -0.280 e. The molecule has 2 aromatic rings. The summed E-state index contributed by atoms with van der Waals surface area (Å²) in [4.78, 5) is 5.73. The standard InChI is InChI=1S/C15H13F2NS/c1-9-7-8-19-15(9)13-6-5-12(18-13)14-10(16)3-2-4-11(14)17/h2-4,7-8,13H,5-6H2,1H3. The first kappa shape index (κ1) is 12.5. The van der Waals surface area contributed by atoms with Crippen molar-refractivity contribution in [3.05, 3.63) is 57.3 Å². The summed E-state index contributed by atoms with van der Waals surface area (Å²) < 4.78 is 27.5. The third-order valence-corrected chi connectivity index (χ3v) is 4.54. The van der Waals surface area contributed by atoms with Crippen LogP contribution in [0.15, 0.2) is 34.6 Å². The van der Waals surface area contributed by atoms with Gasteiger partial charge in [-0.2, -0.15) is 0 Å². The zero-order chi connectivity index (χ0) is 13.4. The molecule has 0 radical (unpaired) electrons. The van der Waals surface area contributed by atoms with Crippen molar-refractivity contribution < 1.29 is 8.78 Å². The molecule has 0 N–H and O–H groups in total. The lowest BCUT2D eigenvalue weighted by Crippen LogP contribution is -2.03. The van der Waals surface area contributed by atoms with Crippen molar-refractivity contribution in [2.24, 2.45) is 4.99 Å². The van der Waals surface area contributed by atoms with E-state index in [1.54, 1.807) is 11.3 Å². The number of hydrogen-bond donors (Lipinski definition) is 0. The summed E-state index contributed by atoms with van der Waals surface area (Å²) in [5.74, 6) is -1.05. The van der Waals surface area contributed by atoms with Gasteiger partial charge in [0.05, 0.1) is 11.6 Å². The molecule has 0 fully saturated rings. The monoisotopic (exact) mass is 277 g/mol. The maximum atomic E-state index is 13.7. The van der Waals surface area contributed by atoms with E-state index in [4.69, 9.17) is 0 Å². The molecule has 1 nitrogen and oxygen atoms in total. The Bertz CT molecular complexity index is 625. The van der Waals surface area contributed by atoms with E-state index in [0.717, 1.165) is 6.42 Å². The maximum Gasteiger partial charge on any atom is 0.135 e. The highest BCUT2D eigenvalue weighted by molar-refractivity contribution is 7.10. The Balaban J connectivity index is 1.98. The molecule has 0 aliphatic carbocycles. The zero-order valence-electron chi connectivity index (χ0n) is 10.5. The Morgan fingerprint density at radius 3 is 2.58 bits per heavy atom. The first-order valence-corrected chi connectivity index (χ1v) is 7.10. The summed E-state index contributed by atoms with van der Waals surface area (Å²) in [6, 6.07) is 6.05. The van der Waals surface area contributed by atoms with Gasteiger partial charge >= 0.3 is 0 Å². The second-order valence-electron chi connectivity index (χ2n) is 4.69. The van der Waals surface area contributed by atoms with Crippen molar-refractivity contribution in [2.75, 3.05) is 0 Å². The van der Waals surface area contributed by atoms with E-state index in [9.17, 15) is 8.78 Å². The van der Waals surface area contributed by atoms with Gasteiger partial charge in [-0.3, -0.25) is 4.99 Å². The molecule has 1 atom stereocenters. The van der Waals surface area contributed by atoms with Gasteiger partial charge in [0, 0.05) is 10.6 Å².